The normalized spacial score (nSPS) is 21.6. The van der Waals surface area contributed by atoms with Crippen LogP contribution in [0.25, 0.3) is 0 Å². The van der Waals surface area contributed by atoms with Crippen LogP contribution in [-0.2, 0) is 21.0 Å². The highest BCUT2D eigenvalue weighted by atomic mass is 35.5. The lowest BCUT2D eigenvalue weighted by atomic mass is 10.2. The van der Waals surface area contributed by atoms with Crippen LogP contribution in [-0.4, -0.2) is 73.4 Å². The van der Waals surface area contributed by atoms with E-state index in [0.29, 0.717) is 12.5 Å². The summed E-state index contributed by atoms with van der Waals surface area (Å²) in [5, 5.41) is 2.04. The third-order valence-corrected chi connectivity index (χ3v) is 7.46. The topological polar surface area (TPSA) is 90.0 Å². The van der Waals surface area contributed by atoms with Gasteiger partial charge in [-0.05, 0) is 24.6 Å². The summed E-state index contributed by atoms with van der Waals surface area (Å²) in [5.41, 5.74) is -1.21. The van der Waals surface area contributed by atoms with Gasteiger partial charge < -0.3 is 5.32 Å². The van der Waals surface area contributed by atoms with Crippen molar-refractivity contribution in [2.75, 3.05) is 32.8 Å². The fourth-order valence-corrected chi connectivity index (χ4v) is 5.21. The highest BCUT2D eigenvalue weighted by molar-refractivity contribution is 7.89. The molecule has 0 bridgehead atoms. The van der Waals surface area contributed by atoms with E-state index in [9.17, 15) is 31.2 Å². The van der Waals surface area contributed by atoms with Gasteiger partial charge in [0, 0.05) is 26.2 Å². The minimum atomic E-state index is -4.78. The maximum atomic E-state index is 13.1. The number of amides is 3. The van der Waals surface area contributed by atoms with Crippen LogP contribution in [0.15, 0.2) is 23.1 Å². The Hall–Kier alpha value is -1.89. The van der Waals surface area contributed by atoms with Crippen LogP contribution in [0, 0.1) is 0 Å². The quantitative estimate of drug-likeness (QED) is 0.629. The van der Waals surface area contributed by atoms with E-state index in [2.05, 4.69) is 5.32 Å². The first-order chi connectivity index (χ1) is 14.4. The predicted octanol–water partition coefficient (Wildman–Crippen LogP) is 2.34. The van der Waals surface area contributed by atoms with Crippen LogP contribution >= 0.6 is 11.6 Å². The second-order valence-electron chi connectivity index (χ2n) is 7.36. The number of imide groups is 1. The number of nitrogens with zero attached hydrogens (tertiary/aromatic N) is 3. The van der Waals surface area contributed by atoms with Crippen LogP contribution in [0.5, 0.6) is 0 Å². The molecule has 0 aromatic heterocycles. The summed E-state index contributed by atoms with van der Waals surface area (Å²) in [6.45, 7) is 2.38. The molecule has 0 spiro atoms. The number of nitrogens with one attached hydrogen (secondary N) is 1. The molecule has 2 fully saturated rings. The van der Waals surface area contributed by atoms with Crippen molar-refractivity contribution in [2.24, 2.45) is 0 Å². The number of benzene rings is 1. The zero-order valence-corrected chi connectivity index (χ0v) is 18.2. The third kappa shape index (κ3) is 4.97. The standard InChI is InChI=1S/C18H22ClF3N4O4S/c1-2-3-15-16(27)26(17(28)23-15)11-24-6-8-25(9-7-24)31(29,30)12-4-5-14(19)13(10-12)18(20,21)22/h4-5,10,15H,2-3,6-9,11H2,1H3,(H,23,28)/t15-/m0/s1. The largest absolute Gasteiger partial charge is 0.417 e. The first kappa shape index (κ1) is 23.8. The van der Waals surface area contributed by atoms with Crippen molar-refractivity contribution in [1.82, 2.24) is 19.4 Å². The Labute approximate surface area is 183 Å². The fourth-order valence-electron chi connectivity index (χ4n) is 3.54. The molecule has 1 atom stereocenters. The summed E-state index contributed by atoms with van der Waals surface area (Å²) in [7, 11) is -4.16. The summed E-state index contributed by atoms with van der Waals surface area (Å²) < 4.78 is 66.0. The van der Waals surface area contributed by atoms with E-state index < -0.39 is 43.8 Å². The molecular weight excluding hydrogens is 461 g/mol. The maximum Gasteiger partial charge on any atom is 0.417 e. The number of piperazine rings is 1. The molecule has 0 unspecified atom stereocenters. The van der Waals surface area contributed by atoms with E-state index >= 15 is 0 Å². The highest BCUT2D eigenvalue weighted by Gasteiger charge is 2.39. The van der Waals surface area contributed by atoms with Crippen LogP contribution in [0.4, 0.5) is 18.0 Å². The smallest absolute Gasteiger partial charge is 0.326 e. The molecule has 0 aliphatic carbocycles. The van der Waals surface area contributed by atoms with Crippen molar-refractivity contribution < 1.29 is 31.2 Å². The molecule has 0 saturated carbocycles. The van der Waals surface area contributed by atoms with Crippen molar-refractivity contribution in [3.05, 3.63) is 28.8 Å². The molecule has 172 valence electrons. The highest BCUT2D eigenvalue weighted by Crippen LogP contribution is 2.36. The number of hydrogen-bond acceptors (Lipinski definition) is 5. The van der Waals surface area contributed by atoms with Crippen molar-refractivity contribution in [3.8, 4) is 0 Å². The fraction of sp³-hybridized carbons (Fsp3) is 0.556. The second-order valence-corrected chi connectivity index (χ2v) is 9.71. The van der Waals surface area contributed by atoms with Crippen molar-refractivity contribution >= 4 is 33.6 Å². The Balaban J connectivity index is 1.66. The van der Waals surface area contributed by atoms with Crippen molar-refractivity contribution in [3.63, 3.8) is 0 Å². The molecule has 2 aliphatic heterocycles. The van der Waals surface area contributed by atoms with Gasteiger partial charge in [-0.25, -0.2) is 18.1 Å². The molecule has 3 amide bonds. The van der Waals surface area contributed by atoms with E-state index in [1.165, 1.54) is 0 Å². The first-order valence-electron chi connectivity index (χ1n) is 9.66. The summed E-state index contributed by atoms with van der Waals surface area (Å²) in [5.74, 6) is -0.317. The molecule has 13 heteroatoms. The lowest BCUT2D eigenvalue weighted by Crippen LogP contribution is -2.52. The van der Waals surface area contributed by atoms with Gasteiger partial charge >= 0.3 is 12.2 Å². The van der Waals surface area contributed by atoms with Crippen LogP contribution in [0.1, 0.15) is 25.3 Å². The number of sulfonamides is 1. The molecule has 8 nitrogen and oxygen atoms in total. The van der Waals surface area contributed by atoms with Crippen molar-refractivity contribution in [1.29, 1.82) is 0 Å². The second kappa shape index (κ2) is 8.93. The predicted molar refractivity (Wildman–Crippen MR) is 106 cm³/mol. The molecule has 3 rings (SSSR count). The number of alkyl halides is 3. The summed E-state index contributed by atoms with van der Waals surface area (Å²) in [6.07, 6.45) is -3.50. The summed E-state index contributed by atoms with van der Waals surface area (Å²) >= 11 is 5.57. The maximum absolute atomic E-state index is 13.1. The average Bonchev–Trinajstić information content (AvgIpc) is 2.95. The number of rotatable bonds is 6. The number of urea groups is 1. The average molecular weight is 483 g/mol. The van der Waals surface area contributed by atoms with Gasteiger partial charge in [-0.2, -0.15) is 17.5 Å². The molecule has 2 aliphatic rings. The monoisotopic (exact) mass is 482 g/mol. The minimum absolute atomic E-state index is 0.00828. The molecule has 2 saturated heterocycles. The molecule has 2 heterocycles. The third-order valence-electron chi connectivity index (χ3n) is 5.24. The zero-order valence-electron chi connectivity index (χ0n) is 16.7. The Bertz CT molecular complexity index is 965. The van der Waals surface area contributed by atoms with Gasteiger partial charge in [-0.3, -0.25) is 9.69 Å². The van der Waals surface area contributed by atoms with E-state index in [4.69, 9.17) is 11.6 Å². The van der Waals surface area contributed by atoms with Crippen LogP contribution < -0.4 is 5.32 Å². The SMILES string of the molecule is CCC[C@@H]1NC(=O)N(CN2CCN(S(=O)(=O)c3ccc(Cl)c(C(F)(F)F)c3)CC2)C1=O. The molecular formula is C18H22ClF3N4O4S. The Morgan fingerprint density at radius 2 is 1.81 bits per heavy atom. The number of carbonyl (C=O) groups excluding carboxylic acids is 2. The Kier molecular flexibility index (Phi) is 6.84. The van der Waals surface area contributed by atoms with Gasteiger partial charge in [-0.1, -0.05) is 24.9 Å². The number of hydrogen-bond donors (Lipinski definition) is 1. The first-order valence-corrected chi connectivity index (χ1v) is 11.5. The van der Waals surface area contributed by atoms with Gasteiger partial charge in [0.15, 0.2) is 0 Å². The number of halogens is 4. The lowest BCUT2D eigenvalue weighted by Gasteiger charge is -2.35. The van der Waals surface area contributed by atoms with Gasteiger partial charge in [-0.15, -0.1) is 0 Å². The zero-order chi connectivity index (χ0) is 23.0. The van der Waals surface area contributed by atoms with Gasteiger partial charge in [0.25, 0.3) is 5.91 Å². The Morgan fingerprint density at radius 1 is 1.16 bits per heavy atom. The van der Waals surface area contributed by atoms with Gasteiger partial charge in [0.05, 0.1) is 22.2 Å². The molecule has 1 N–H and O–H groups in total. The number of carbonyl (C=O) groups is 2. The van der Waals surface area contributed by atoms with Gasteiger partial charge in [0.1, 0.15) is 6.04 Å². The molecule has 0 radical (unpaired) electrons. The van der Waals surface area contributed by atoms with Crippen LogP contribution in [0.3, 0.4) is 0 Å². The summed E-state index contributed by atoms with van der Waals surface area (Å²) in [4.78, 5) is 26.7. The molecule has 1 aromatic rings. The van der Waals surface area contributed by atoms with E-state index in [1.54, 1.807) is 4.90 Å². The van der Waals surface area contributed by atoms with Crippen molar-refractivity contribution in [2.45, 2.75) is 36.9 Å². The molecule has 1 aromatic carbocycles. The minimum Gasteiger partial charge on any atom is -0.326 e. The van der Waals surface area contributed by atoms with E-state index in [1.807, 2.05) is 6.92 Å². The Morgan fingerprint density at radius 3 is 2.39 bits per heavy atom. The van der Waals surface area contributed by atoms with Crippen LogP contribution in [0.2, 0.25) is 5.02 Å². The summed E-state index contributed by atoms with van der Waals surface area (Å²) in [6, 6.07) is 1.45. The van der Waals surface area contributed by atoms with E-state index in [0.717, 1.165) is 27.8 Å². The van der Waals surface area contributed by atoms with E-state index in [-0.39, 0.29) is 38.8 Å². The lowest BCUT2D eigenvalue weighted by molar-refractivity contribution is -0.137. The van der Waals surface area contributed by atoms with Gasteiger partial charge in [0.2, 0.25) is 10.0 Å². The molecule has 31 heavy (non-hydrogen) atoms.